The highest BCUT2D eigenvalue weighted by atomic mass is 16.5. The Morgan fingerprint density at radius 1 is 0.960 bits per heavy atom. The van der Waals surface area contributed by atoms with Crippen LogP contribution in [0.2, 0.25) is 0 Å². The van der Waals surface area contributed by atoms with Crippen molar-refractivity contribution in [1.29, 1.82) is 0 Å². The van der Waals surface area contributed by atoms with Crippen molar-refractivity contribution in [1.82, 2.24) is 0 Å². The highest BCUT2D eigenvalue weighted by Crippen LogP contribution is 2.36. The van der Waals surface area contributed by atoms with E-state index in [0.29, 0.717) is 0 Å². The smallest absolute Gasteiger partial charge is 0.412 e. The predicted molar refractivity (Wildman–Crippen MR) is 91.1 cm³/mol. The highest BCUT2D eigenvalue weighted by Gasteiger charge is 2.19. The molecule has 0 aliphatic rings. The molecule has 0 aliphatic carbocycles. The molecule has 0 fully saturated rings. The quantitative estimate of drug-likeness (QED) is 0.809. The third-order valence-electron chi connectivity index (χ3n) is 3.37. The van der Waals surface area contributed by atoms with Crippen LogP contribution in [0, 0.1) is 0 Å². The minimum Gasteiger partial charge on any atom is -0.494 e. The van der Waals surface area contributed by atoms with E-state index >= 15 is 0 Å². The number of esters is 1. The topological polar surface area (TPSA) is 83.1 Å². The van der Waals surface area contributed by atoms with Crippen LogP contribution in [0.25, 0.3) is 0 Å². The molecule has 0 heterocycles. The van der Waals surface area contributed by atoms with Crippen molar-refractivity contribution in [2.24, 2.45) is 0 Å². The summed E-state index contributed by atoms with van der Waals surface area (Å²) in [5, 5.41) is 2.57. The van der Waals surface area contributed by atoms with Gasteiger partial charge < -0.3 is 18.9 Å². The Morgan fingerprint density at radius 2 is 1.56 bits per heavy atom. The lowest BCUT2D eigenvalue weighted by Gasteiger charge is -2.15. The zero-order chi connectivity index (χ0) is 18.2. The van der Waals surface area contributed by atoms with Crippen LogP contribution in [0.15, 0.2) is 42.5 Å². The summed E-state index contributed by atoms with van der Waals surface area (Å²) in [5.74, 6) is -0.0531. The number of carbonyl (C=O) groups is 2. The zero-order valence-electron chi connectivity index (χ0n) is 14.2. The molecule has 25 heavy (non-hydrogen) atoms. The van der Waals surface area contributed by atoms with Crippen LogP contribution < -0.4 is 14.8 Å². The van der Waals surface area contributed by atoms with E-state index in [1.54, 1.807) is 0 Å². The predicted octanol–water partition coefficient (Wildman–Crippen LogP) is 3.24. The van der Waals surface area contributed by atoms with Crippen molar-refractivity contribution < 1.29 is 28.5 Å². The first kappa shape index (κ1) is 18.1. The average Bonchev–Trinajstić information content (AvgIpc) is 2.66. The van der Waals surface area contributed by atoms with Crippen molar-refractivity contribution >= 4 is 17.7 Å². The molecular formula is C18H19NO6. The first-order valence-corrected chi connectivity index (χ1v) is 7.41. The van der Waals surface area contributed by atoms with E-state index in [9.17, 15) is 9.59 Å². The SMILES string of the molecule is COC(=O)c1cc(OC)c(NC(=O)OCc2ccccc2)c(OC)c1. The van der Waals surface area contributed by atoms with Crippen LogP contribution in [0.4, 0.5) is 10.5 Å². The third-order valence-corrected chi connectivity index (χ3v) is 3.37. The van der Waals surface area contributed by atoms with Gasteiger partial charge in [0.1, 0.15) is 23.8 Å². The Bertz CT molecular complexity index is 719. The minimum absolute atomic E-state index is 0.123. The number of benzene rings is 2. The summed E-state index contributed by atoms with van der Waals surface area (Å²) < 4.78 is 20.3. The van der Waals surface area contributed by atoms with Crippen molar-refractivity contribution in [2.45, 2.75) is 6.61 Å². The van der Waals surface area contributed by atoms with Gasteiger partial charge in [-0.2, -0.15) is 0 Å². The molecule has 2 aromatic rings. The first-order valence-electron chi connectivity index (χ1n) is 7.41. The van der Waals surface area contributed by atoms with Crippen molar-refractivity contribution in [3.63, 3.8) is 0 Å². The maximum atomic E-state index is 12.1. The van der Waals surface area contributed by atoms with Crippen molar-refractivity contribution in [3.05, 3.63) is 53.6 Å². The van der Waals surface area contributed by atoms with E-state index in [1.165, 1.54) is 33.5 Å². The molecule has 132 valence electrons. The lowest BCUT2D eigenvalue weighted by atomic mass is 10.1. The maximum absolute atomic E-state index is 12.1. The van der Waals surface area contributed by atoms with Crippen LogP contribution in [0.3, 0.4) is 0 Å². The summed E-state index contributed by atoms with van der Waals surface area (Å²) in [6, 6.07) is 12.2. The number of ether oxygens (including phenoxy) is 4. The van der Waals surface area contributed by atoms with Gasteiger partial charge in [0.15, 0.2) is 0 Å². The fourth-order valence-corrected chi connectivity index (χ4v) is 2.13. The second-order valence-electron chi connectivity index (χ2n) is 4.93. The van der Waals surface area contributed by atoms with Gasteiger partial charge in [-0.15, -0.1) is 0 Å². The van der Waals surface area contributed by atoms with Gasteiger partial charge in [-0.3, -0.25) is 5.32 Å². The maximum Gasteiger partial charge on any atom is 0.412 e. The van der Waals surface area contributed by atoms with Gasteiger partial charge in [0.05, 0.1) is 26.9 Å². The van der Waals surface area contributed by atoms with E-state index < -0.39 is 12.1 Å². The molecule has 0 radical (unpaired) electrons. The number of hydrogen-bond donors (Lipinski definition) is 1. The van der Waals surface area contributed by atoms with E-state index in [-0.39, 0.29) is 29.4 Å². The van der Waals surface area contributed by atoms with Crippen molar-refractivity contribution in [2.75, 3.05) is 26.6 Å². The molecule has 0 bridgehead atoms. The molecule has 0 aromatic heterocycles. The third kappa shape index (κ3) is 4.63. The largest absolute Gasteiger partial charge is 0.494 e. The fraction of sp³-hybridized carbons (Fsp3) is 0.222. The van der Waals surface area contributed by atoms with Gasteiger partial charge in [-0.1, -0.05) is 30.3 Å². The van der Waals surface area contributed by atoms with Gasteiger partial charge >= 0.3 is 12.1 Å². The summed E-state index contributed by atoms with van der Waals surface area (Å²) in [6.07, 6.45) is -0.675. The molecule has 2 rings (SSSR count). The molecule has 7 nitrogen and oxygen atoms in total. The van der Waals surface area contributed by atoms with Crippen molar-refractivity contribution in [3.8, 4) is 11.5 Å². The molecule has 0 aliphatic heterocycles. The molecule has 1 N–H and O–H groups in total. The van der Waals surface area contributed by atoms with E-state index in [1.807, 2.05) is 30.3 Å². The zero-order valence-corrected chi connectivity index (χ0v) is 14.2. The Kier molecular flexibility index (Phi) is 6.22. The second-order valence-corrected chi connectivity index (χ2v) is 4.93. The molecule has 0 unspecified atom stereocenters. The Hall–Kier alpha value is -3.22. The lowest BCUT2D eigenvalue weighted by molar-refractivity contribution is 0.0600. The van der Waals surface area contributed by atoms with Gasteiger partial charge in [-0.25, -0.2) is 9.59 Å². The molecule has 0 atom stereocenters. The molecule has 1 amide bonds. The first-order chi connectivity index (χ1) is 12.1. The molecule has 0 saturated carbocycles. The number of hydrogen-bond acceptors (Lipinski definition) is 6. The Labute approximate surface area is 145 Å². The average molecular weight is 345 g/mol. The summed E-state index contributed by atoms with van der Waals surface area (Å²) in [7, 11) is 4.10. The monoisotopic (exact) mass is 345 g/mol. The number of amides is 1. The standard InChI is InChI=1S/C18H19NO6/c1-22-14-9-13(17(20)24-3)10-15(23-2)16(14)19-18(21)25-11-12-7-5-4-6-8-12/h4-10H,11H2,1-3H3,(H,19,21). The van der Waals surface area contributed by atoms with Gasteiger partial charge in [0, 0.05) is 0 Å². The number of methoxy groups -OCH3 is 3. The van der Waals surface area contributed by atoms with Gasteiger partial charge in [0.2, 0.25) is 0 Å². The number of carbonyl (C=O) groups excluding carboxylic acids is 2. The molecule has 2 aromatic carbocycles. The minimum atomic E-state index is -0.675. The molecular weight excluding hydrogens is 326 g/mol. The van der Waals surface area contributed by atoms with Gasteiger partial charge in [0.25, 0.3) is 0 Å². The van der Waals surface area contributed by atoms with Gasteiger partial charge in [-0.05, 0) is 17.7 Å². The summed E-state index contributed by atoms with van der Waals surface area (Å²) >= 11 is 0. The Balaban J connectivity index is 2.16. The number of nitrogens with one attached hydrogen (secondary N) is 1. The Morgan fingerprint density at radius 3 is 2.08 bits per heavy atom. The van der Waals surface area contributed by atoms with Crippen LogP contribution in [-0.4, -0.2) is 33.4 Å². The van der Waals surface area contributed by atoms with Crippen LogP contribution in [-0.2, 0) is 16.1 Å². The highest BCUT2D eigenvalue weighted by molar-refractivity contribution is 5.95. The summed E-state index contributed by atoms with van der Waals surface area (Å²) in [6.45, 7) is 0.123. The van der Waals surface area contributed by atoms with Crippen LogP contribution >= 0.6 is 0 Å². The number of anilines is 1. The van der Waals surface area contributed by atoms with E-state index in [2.05, 4.69) is 10.1 Å². The lowest BCUT2D eigenvalue weighted by Crippen LogP contribution is -2.15. The summed E-state index contributed by atoms with van der Waals surface area (Å²) in [4.78, 5) is 23.8. The van der Waals surface area contributed by atoms with E-state index in [0.717, 1.165) is 5.56 Å². The van der Waals surface area contributed by atoms with Crippen LogP contribution in [0.5, 0.6) is 11.5 Å². The summed E-state index contributed by atoms with van der Waals surface area (Å²) in [5.41, 5.74) is 1.35. The molecule has 0 spiro atoms. The molecule has 7 heteroatoms. The second kappa shape index (κ2) is 8.58. The van der Waals surface area contributed by atoms with Crippen LogP contribution in [0.1, 0.15) is 15.9 Å². The van der Waals surface area contributed by atoms with E-state index in [4.69, 9.17) is 14.2 Å². The fourth-order valence-electron chi connectivity index (χ4n) is 2.13. The number of rotatable bonds is 6. The normalized spacial score (nSPS) is 9.88. The molecule has 0 saturated heterocycles.